The van der Waals surface area contributed by atoms with Crippen molar-refractivity contribution in [2.24, 2.45) is 0 Å². The highest BCUT2D eigenvalue weighted by Crippen LogP contribution is 2.30. The summed E-state index contributed by atoms with van der Waals surface area (Å²) in [5.41, 5.74) is 2.57. The number of aryl methyl sites for hydroxylation is 1. The van der Waals surface area contributed by atoms with Gasteiger partial charge in [-0.3, -0.25) is 9.10 Å². The number of rotatable bonds is 5. The highest BCUT2D eigenvalue weighted by Gasteiger charge is 2.25. The van der Waals surface area contributed by atoms with Gasteiger partial charge in [0.25, 0.3) is 0 Å². The van der Waals surface area contributed by atoms with E-state index in [1.54, 1.807) is 0 Å². The molecule has 2 aromatic rings. The van der Waals surface area contributed by atoms with Crippen LogP contribution in [0.15, 0.2) is 42.5 Å². The van der Waals surface area contributed by atoms with Crippen LogP contribution in [-0.4, -0.2) is 27.1 Å². The van der Waals surface area contributed by atoms with Gasteiger partial charge in [-0.15, -0.1) is 0 Å². The summed E-state index contributed by atoms with van der Waals surface area (Å²) in [4.78, 5) is 12.6. The van der Waals surface area contributed by atoms with Gasteiger partial charge in [-0.1, -0.05) is 47.5 Å². The molecule has 0 radical (unpaired) electrons. The molecule has 0 heterocycles. The molecule has 2 aromatic carbocycles. The van der Waals surface area contributed by atoms with Gasteiger partial charge in [0.05, 0.1) is 18.0 Å². The summed E-state index contributed by atoms with van der Waals surface area (Å²) < 4.78 is 25.5. The molecule has 0 unspecified atom stereocenters. The minimum absolute atomic E-state index is 0.119. The summed E-state index contributed by atoms with van der Waals surface area (Å²) in [5, 5.41) is 3.56. The standard InChI is InChI=1S/C19H20Cl2N2O3S/c1-27(25,26)23(16-10-14(20)9-15(21)11-16)12-19(24)22-18-8-4-6-13-5-2-3-7-17(13)18/h2-3,5,7,9-11,18H,4,6,8,12H2,1H3,(H,22,24)/t18-/m1/s1. The van der Waals surface area contributed by atoms with Crippen molar-refractivity contribution in [1.82, 2.24) is 5.32 Å². The number of anilines is 1. The van der Waals surface area contributed by atoms with E-state index >= 15 is 0 Å². The first kappa shape index (κ1) is 20.0. The van der Waals surface area contributed by atoms with Gasteiger partial charge in [0.15, 0.2) is 0 Å². The fraction of sp³-hybridized carbons (Fsp3) is 0.316. The summed E-state index contributed by atoms with van der Waals surface area (Å²) in [6.07, 6.45) is 3.83. The van der Waals surface area contributed by atoms with Crippen molar-refractivity contribution in [3.63, 3.8) is 0 Å². The van der Waals surface area contributed by atoms with Crippen molar-refractivity contribution >= 4 is 44.8 Å². The molecular formula is C19H20Cl2N2O3S. The van der Waals surface area contributed by atoms with Crippen LogP contribution in [0.5, 0.6) is 0 Å². The van der Waals surface area contributed by atoms with Gasteiger partial charge >= 0.3 is 0 Å². The summed E-state index contributed by atoms with van der Waals surface area (Å²) >= 11 is 12.0. The van der Waals surface area contributed by atoms with Crippen molar-refractivity contribution in [2.75, 3.05) is 17.1 Å². The van der Waals surface area contributed by atoms with E-state index in [1.807, 2.05) is 18.2 Å². The zero-order chi connectivity index (χ0) is 19.6. The van der Waals surface area contributed by atoms with E-state index in [0.717, 1.165) is 35.4 Å². The molecule has 5 nitrogen and oxygen atoms in total. The Balaban J connectivity index is 1.80. The molecule has 1 aliphatic carbocycles. The van der Waals surface area contributed by atoms with E-state index in [4.69, 9.17) is 23.2 Å². The van der Waals surface area contributed by atoms with Crippen LogP contribution in [0.25, 0.3) is 0 Å². The molecule has 3 rings (SSSR count). The van der Waals surface area contributed by atoms with Gasteiger partial charge in [-0.05, 0) is 48.6 Å². The highest BCUT2D eigenvalue weighted by molar-refractivity contribution is 7.92. The average molecular weight is 427 g/mol. The first-order valence-corrected chi connectivity index (χ1v) is 11.2. The lowest BCUT2D eigenvalue weighted by Gasteiger charge is -2.28. The summed E-state index contributed by atoms with van der Waals surface area (Å²) in [6.45, 7) is -0.339. The topological polar surface area (TPSA) is 66.5 Å². The number of benzene rings is 2. The smallest absolute Gasteiger partial charge is 0.241 e. The largest absolute Gasteiger partial charge is 0.348 e. The lowest BCUT2D eigenvalue weighted by atomic mass is 9.88. The van der Waals surface area contributed by atoms with E-state index in [2.05, 4.69) is 11.4 Å². The third-order valence-electron chi connectivity index (χ3n) is 4.53. The molecule has 0 aromatic heterocycles. The number of amides is 1. The van der Waals surface area contributed by atoms with E-state index in [0.29, 0.717) is 10.0 Å². The van der Waals surface area contributed by atoms with Crippen LogP contribution in [0.2, 0.25) is 10.0 Å². The van der Waals surface area contributed by atoms with Crippen LogP contribution in [0.1, 0.15) is 30.0 Å². The van der Waals surface area contributed by atoms with Crippen LogP contribution in [0.3, 0.4) is 0 Å². The predicted molar refractivity (Wildman–Crippen MR) is 109 cm³/mol. The van der Waals surface area contributed by atoms with Crippen LogP contribution in [0.4, 0.5) is 5.69 Å². The molecule has 1 amide bonds. The Hall–Kier alpha value is -1.76. The molecule has 8 heteroatoms. The Morgan fingerprint density at radius 1 is 1.19 bits per heavy atom. The zero-order valence-corrected chi connectivity index (χ0v) is 17.1. The number of hydrogen-bond acceptors (Lipinski definition) is 3. The lowest BCUT2D eigenvalue weighted by molar-refractivity contribution is -0.120. The second-order valence-corrected chi connectivity index (χ2v) is 9.39. The molecule has 0 saturated carbocycles. The van der Waals surface area contributed by atoms with Crippen molar-refractivity contribution in [1.29, 1.82) is 0 Å². The first-order chi connectivity index (χ1) is 12.7. The Morgan fingerprint density at radius 3 is 2.52 bits per heavy atom. The van der Waals surface area contributed by atoms with Gasteiger partial charge in [-0.2, -0.15) is 0 Å². The van der Waals surface area contributed by atoms with E-state index in [1.165, 1.54) is 23.8 Å². The molecule has 27 heavy (non-hydrogen) atoms. The molecule has 1 atom stereocenters. The molecule has 1 N–H and O–H groups in total. The number of nitrogens with one attached hydrogen (secondary N) is 1. The predicted octanol–water partition coefficient (Wildman–Crippen LogP) is 3.95. The summed E-state index contributed by atoms with van der Waals surface area (Å²) in [5.74, 6) is -0.377. The fourth-order valence-corrected chi connectivity index (χ4v) is 4.71. The van der Waals surface area contributed by atoms with Gasteiger partial charge in [0.1, 0.15) is 6.54 Å². The quantitative estimate of drug-likeness (QED) is 0.786. The molecular weight excluding hydrogens is 407 g/mol. The van der Waals surface area contributed by atoms with Gasteiger partial charge in [0.2, 0.25) is 15.9 Å². The summed E-state index contributed by atoms with van der Waals surface area (Å²) in [7, 11) is -3.69. The van der Waals surface area contributed by atoms with E-state index in [-0.39, 0.29) is 24.2 Å². The van der Waals surface area contributed by atoms with Crippen LogP contribution < -0.4 is 9.62 Å². The van der Waals surface area contributed by atoms with Crippen LogP contribution in [0, 0.1) is 0 Å². The fourth-order valence-electron chi connectivity index (χ4n) is 3.36. The Kier molecular flexibility index (Phi) is 5.99. The number of fused-ring (bicyclic) bond motifs is 1. The number of carbonyl (C=O) groups excluding carboxylic acids is 1. The van der Waals surface area contributed by atoms with Gasteiger partial charge in [0, 0.05) is 10.0 Å². The highest BCUT2D eigenvalue weighted by atomic mass is 35.5. The maximum atomic E-state index is 12.6. The Bertz CT molecular complexity index is 943. The third-order valence-corrected chi connectivity index (χ3v) is 6.10. The molecule has 1 aliphatic rings. The Labute approximate surface area is 169 Å². The van der Waals surface area contributed by atoms with Crippen molar-refractivity contribution in [2.45, 2.75) is 25.3 Å². The zero-order valence-electron chi connectivity index (χ0n) is 14.8. The normalized spacial score (nSPS) is 16.5. The van der Waals surface area contributed by atoms with Crippen LogP contribution >= 0.6 is 23.2 Å². The number of nitrogens with zero attached hydrogens (tertiary/aromatic N) is 1. The third kappa shape index (κ3) is 4.94. The lowest BCUT2D eigenvalue weighted by Crippen LogP contribution is -2.42. The molecule has 0 aliphatic heterocycles. The van der Waals surface area contributed by atoms with Crippen molar-refractivity contribution in [3.05, 3.63) is 63.6 Å². The molecule has 0 saturated heterocycles. The minimum Gasteiger partial charge on any atom is -0.348 e. The second-order valence-electron chi connectivity index (χ2n) is 6.61. The number of hydrogen-bond donors (Lipinski definition) is 1. The molecule has 0 bridgehead atoms. The SMILES string of the molecule is CS(=O)(=O)N(CC(=O)N[C@@H]1CCCc2ccccc21)c1cc(Cl)cc(Cl)c1. The van der Waals surface area contributed by atoms with Crippen LogP contribution in [-0.2, 0) is 21.2 Å². The molecule has 0 fully saturated rings. The minimum atomic E-state index is -3.69. The summed E-state index contributed by atoms with van der Waals surface area (Å²) in [6, 6.07) is 12.3. The Morgan fingerprint density at radius 2 is 1.85 bits per heavy atom. The van der Waals surface area contributed by atoms with Gasteiger partial charge < -0.3 is 5.32 Å². The maximum absolute atomic E-state index is 12.6. The second kappa shape index (κ2) is 8.09. The maximum Gasteiger partial charge on any atom is 0.241 e. The van der Waals surface area contributed by atoms with Crippen molar-refractivity contribution in [3.8, 4) is 0 Å². The molecule has 0 spiro atoms. The number of carbonyl (C=O) groups is 1. The molecule has 144 valence electrons. The first-order valence-electron chi connectivity index (χ1n) is 8.55. The van der Waals surface area contributed by atoms with E-state index in [9.17, 15) is 13.2 Å². The number of halogens is 2. The van der Waals surface area contributed by atoms with Gasteiger partial charge in [-0.25, -0.2) is 8.42 Å². The number of sulfonamides is 1. The van der Waals surface area contributed by atoms with Crippen molar-refractivity contribution < 1.29 is 13.2 Å². The average Bonchev–Trinajstić information content (AvgIpc) is 2.58. The van der Waals surface area contributed by atoms with E-state index < -0.39 is 10.0 Å². The monoisotopic (exact) mass is 426 g/mol.